The molecule has 41 heavy (non-hydrogen) atoms. The first-order valence-corrected chi connectivity index (χ1v) is 13.6. The van der Waals surface area contributed by atoms with Crippen LogP contribution in [0.15, 0.2) is 97.6 Å². The molecule has 0 radical (unpaired) electrons. The first-order chi connectivity index (χ1) is 20.0. The van der Waals surface area contributed by atoms with E-state index in [0.29, 0.717) is 26.2 Å². The highest BCUT2D eigenvalue weighted by molar-refractivity contribution is 5.70. The molecule has 10 nitrogen and oxygen atoms in total. The van der Waals surface area contributed by atoms with Crippen molar-refractivity contribution >= 4 is 18.3 Å². The molecule has 2 aromatic rings. The van der Waals surface area contributed by atoms with Crippen LogP contribution in [-0.4, -0.2) is 66.4 Å². The highest BCUT2D eigenvalue weighted by atomic mass is 16.6. The number of hydrogen-bond donors (Lipinski definition) is 2. The molecule has 2 aliphatic rings. The van der Waals surface area contributed by atoms with Crippen molar-refractivity contribution in [2.24, 2.45) is 0 Å². The minimum Gasteiger partial charge on any atom is -0.445 e. The number of carbonyl (C=O) groups is 3. The van der Waals surface area contributed by atoms with Crippen LogP contribution in [-0.2, 0) is 27.4 Å². The molecule has 3 amide bonds. The van der Waals surface area contributed by atoms with Crippen molar-refractivity contribution in [3.05, 3.63) is 109 Å². The molecular weight excluding hydrogens is 524 g/mol. The Bertz CT molecular complexity index is 1170. The monoisotopic (exact) mass is 562 g/mol. The molecule has 0 aliphatic carbocycles. The van der Waals surface area contributed by atoms with Crippen LogP contribution in [0.1, 0.15) is 24.5 Å². The number of nitrogens with one attached hydrogen (secondary N) is 2. The Hall–Kier alpha value is -4.57. The molecule has 0 spiro atoms. The van der Waals surface area contributed by atoms with E-state index in [9.17, 15) is 14.4 Å². The second-order valence-corrected chi connectivity index (χ2v) is 9.18. The number of benzene rings is 2. The molecule has 0 aromatic heterocycles. The Balaban J connectivity index is 0.000000239. The van der Waals surface area contributed by atoms with E-state index in [4.69, 9.17) is 14.2 Å². The Morgan fingerprint density at radius 1 is 0.829 bits per heavy atom. The summed E-state index contributed by atoms with van der Waals surface area (Å²) in [5.74, 6) is 0. The Kier molecular flexibility index (Phi) is 13.0. The van der Waals surface area contributed by atoms with E-state index in [2.05, 4.69) is 30.4 Å². The zero-order valence-corrected chi connectivity index (χ0v) is 23.3. The number of hydrogen-bond acceptors (Lipinski definition) is 7. The topological polar surface area (TPSA) is 109 Å². The molecule has 4 rings (SSSR count). The lowest BCUT2D eigenvalue weighted by Crippen LogP contribution is -2.47. The van der Waals surface area contributed by atoms with Gasteiger partial charge in [-0.15, -0.1) is 0 Å². The minimum atomic E-state index is -0.602. The Labute approximate surface area is 241 Å². The normalized spacial score (nSPS) is 16.9. The third kappa shape index (κ3) is 10.5. The summed E-state index contributed by atoms with van der Waals surface area (Å²) in [7, 11) is 0. The molecule has 2 N–H and O–H groups in total. The summed E-state index contributed by atoms with van der Waals surface area (Å²) in [6, 6.07) is 19.2. The fourth-order valence-corrected chi connectivity index (χ4v) is 4.10. The van der Waals surface area contributed by atoms with Gasteiger partial charge in [-0.2, -0.15) is 0 Å². The quantitative estimate of drug-likeness (QED) is 0.239. The van der Waals surface area contributed by atoms with Crippen molar-refractivity contribution in [2.45, 2.75) is 38.6 Å². The Morgan fingerprint density at radius 3 is 1.85 bits per heavy atom. The van der Waals surface area contributed by atoms with Gasteiger partial charge in [0.15, 0.2) is 0 Å². The third-order valence-electron chi connectivity index (χ3n) is 6.25. The van der Waals surface area contributed by atoms with E-state index in [1.54, 1.807) is 9.80 Å². The molecule has 0 fully saturated rings. The summed E-state index contributed by atoms with van der Waals surface area (Å²) >= 11 is 0. The van der Waals surface area contributed by atoms with Crippen LogP contribution in [0.4, 0.5) is 14.4 Å². The molecule has 2 heterocycles. The highest BCUT2D eigenvalue weighted by Crippen LogP contribution is 2.15. The average molecular weight is 563 g/mol. The van der Waals surface area contributed by atoms with Crippen LogP contribution in [0.25, 0.3) is 0 Å². The van der Waals surface area contributed by atoms with Gasteiger partial charge in [-0.25, -0.2) is 19.8 Å². The van der Waals surface area contributed by atoms with Crippen molar-refractivity contribution in [2.75, 3.05) is 26.2 Å². The van der Waals surface area contributed by atoms with Gasteiger partial charge in [-0.1, -0.05) is 105 Å². The van der Waals surface area contributed by atoms with Crippen LogP contribution in [0, 0.1) is 0 Å². The zero-order valence-electron chi connectivity index (χ0n) is 23.3. The summed E-state index contributed by atoms with van der Waals surface area (Å²) in [5.41, 5.74) is 7.07. The largest absolute Gasteiger partial charge is 0.445 e. The smallest absolute Gasteiger partial charge is 0.421 e. The van der Waals surface area contributed by atoms with E-state index >= 15 is 0 Å². The number of nitrogens with zero attached hydrogens (tertiary/aromatic N) is 2. The zero-order chi connectivity index (χ0) is 29.3. The van der Waals surface area contributed by atoms with E-state index in [1.165, 1.54) is 6.08 Å². The van der Waals surface area contributed by atoms with E-state index in [-0.39, 0.29) is 31.4 Å². The third-order valence-corrected chi connectivity index (χ3v) is 6.25. The van der Waals surface area contributed by atoms with Crippen molar-refractivity contribution in [3.8, 4) is 0 Å². The van der Waals surface area contributed by atoms with Crippen LogP contribution in [0.5, 0.6) is 0 Å². The maximum atomic E-state index is 12.2. The van der Waals surface area contributed by atoms with Gasteiger partial charge >= 0.3 is 18.3 Å². The first kappa shape index (κ1) is 31.0. The molecule has 2 aromatic carbocycles. The van der Waals surface area contributed by atoms with E-state index in [1.807, 2.05) is 78.9 Å². The molecule has 0 unspecified atom stereocenters. The molecule has 218 valence electrons. The van der Waals surface area contributed by atoms with Gasteiger partial charge in [0.2, 0.25) is 0 Å². The lowest BCUT2D eigenvalue weighted by molar-refractivity contribution is 0.0935. The molecule has 0 saturated carbocycles. The Morgan fingerprint density at radius 2 is 1.34 bits per heavy atom. The van der Waals surface area contributed by atoms with Gasteiger partial charge in [-0.05, 0) is 17.5 Å². The summed E-state index contributed by atoms with van der Waals surface area (Å²) < 4.78 is 15.4. The van der Waals surface area contributed by atoms with Gasteiger partial charge in [0.1, 0.15) is 19.8 Å². The fraction of sp³-hybridized carbons (Fsp3) is 0.323. The summed E-state index contributed by atoms with van der Waals surface area (Å²) in [4.78, 5) is 38.6. The van der Waals surface area contributed by atoms with Gasteiger partial charge in [0, 0.05) is 19.6 Å². The van der Waals surface area contributed by atoms with Gasteiger partial charge in [0.05, 0.1) is 12.1 Å². The van der Waals surface area contributed by atoms with Crippen LogP contribution < -0.4 is 10.9 Å². The number of ether oxygens (including phenoxy) is 3. The number of carbonyl (C=O) groups excluding carboxylic acids is 3. The van der Waals surface area contributed by atoms with Gasteiger partial charge in [-0.3, -0.25) is 15.2 Å². The molecule has 10 heteroatoms. The molecule has 2 atom stereocenters. The lowest BCUT2D eigenvalue weighted by atomic mass is 10.2. The van der Waals surface area contributed by atoms with Crippen molar-refractivity contribution in [1.29, 1.82) is 0 Å². The van der Waals surface area contributed by atoms with Gasteiger partial charge < -0.3 is 14.2 Å². The predicted octanol–water partition coefficient (Wildman–Crippen LogP) is 4.95. The second kappa shape index (κ2) is 17.2. The maximum Gasteiger partial charge on any atom is 0.421 e. The second-order valence-electron chi connectivity index (χ2n) is 9.18. The van der Waals surface area contributed by atoms with Crippen molar-refractivity contribution in [3.63, 3.8) is 0 Å². The lowest BCUT2D eigenvalue weighted by Gasteiger charge is -2.24. The van der Waals surface area contributed by atoms with Crippen molar-refractivity contribution < 1.29 is 28.6 Å². The number of hydrazine groups is 1. The first-order valence-electron chi connectivity index (χ1n) is 13.6. The van der Waals surface area contributed by atoms with Gasteiger partial charge in [0.25, 0.3) is 0 Å². The van der Waals surface area contributed by atoms with Crippen LogP contribution >= 0.6 is 0 Å². The predicted molar refractivity (Wildman–Crippen MR) is 155 cm³/mol. The summed E-state index contributed by atoms with van der Waals surface area (Å²) in [5, 5.41) is 0. The number of rotatable bonds is 10. The van der Waals surface area contributed by atoms with E-state index in [0.717, 1.165) is 17.5 Å². The van der Waals surface area contributed by atoms with Crippen LogP contribution in [0.3, 0.4) is 0 Å². The fourth-order valence-electron chi connectivity index (χ4n) is 4.10. The van der Waals surface area contributed by atoms with Crippen molar-refractivity contribution in [1.82, 2.24) is 20.7 Å². The summed E-state index contributed by atoms with van der Waals surface area (Å²) in [6.45, 7) is 7.70. The highest BCUT2D eigenvalue weighted by Gasteiger charge is 2.26. The molecule has 0 saturated heterocycles. The number of amides is 3. The summed E-state index contributed by atoms with van der Waals surface area (Å²) in [6.07, 6.45) is 9.01. The van der Waals surface area contributed by atoms with E-state index < -0.39 is 12.2 Å². The average Bonchev–Trinajstić information content (AvgIpc) is 3.69. The maximum absolute atomic E-state index is 12.2. The molecule has 2 aliphatic heterocycles. The minimum absolute atomic E-state index is 0.134. The standard InChI is InChI=1S/C17H21N3O4.C14H17NO2/c1-2-11-23-16(21)19-18-12-15-9-6-10-20(15)17(22)24-13-14-7-4-3-5-8-14;1-2-13-9-6-10-15(13)14(16)17-11-12-7-4-3-5-8-12/h2-9,15,18H,1,10-13H2,(H,19,21);3-9,13H,2,10-11H2,1H3/t15-;13-/m10/s1. The SMILES string of the molecule is C=CCOC(=O)NNC[C@H]1C=CCN1C(=O)OCc1ccccc1.CC[C@H]1C=CCN1C(=O)OCc1ccccc1. The molecule has 0 bridgehead atoms. The molecular formula is C31H38N4O6. The van der Waals surface area contributed by atoms with Crippen LogP contribution in [0.2, 0.25) is 0 Å².